The summed E-state index contributed by atoms with van der Waals surface area (Å²) >= 11 is 12.0. The van der Waals surface area contributed by atoms with Crippen molar-refractivity contribution in [3.8, 4) is 5.75 Å². The largest absolute Gasteiger partial charge is 0.478 e. The minimum Gasteiger partial charge on any atom is -0.478 e. The summed E-state index contributed by atoms with van der Waals surface area (Å²) in [5.74, 6) is 1.58. The zero-order valence-electron chi connectivity index (χ0n) is 10.9. The third-order valence-corrected chi connectivity index (χ3v) is 4.20. The van der Waals surface area contributed by atoms with Crippen molar-refractivity contribution >= 4 is 39.9 Å². The number of nitrogens with one attached hydrogen (secondary N) is 2. The molecule has 0 amide bonds. The lowest BCUT2D eigenvalue weighted by Gasteiger charge is -2.25. The number of halogens is 2. The molecule has 1 aliphatic heterocycles. The number of ether oxygens (including phenoxy) is 1. The van der Waals surface area contributed by atoms with E-state index >= 15 is 0 Å². The minimum atomic E-state index is -0.176. The second-order valence-corrected chi connectivity index (χ2v) is 5.70. The predicted molar refractivity (Wildman–Crippen MR) is 84.4 cm³/mol. The van der Waals surface area contributed by atoms with Gasteiger partial charge >= 0.3 is 0 Å². The Hall–Kier alpha value is -1.91. The second kappa shape index (κ2) is 4.83. The summed E-state index contributed by atoms with van der Waals surface area (Å²) in [6.07, 6.45) is -0.176. The fraction of sp³-hybridized carbons (Fsp3) is 0.133. The lowest BCUT2D eigenvalue weighted by Crippen LogP contribution is -2.24. The van der Waals surface area contributed by atoms with Crippen molar-refractivity contribution in [1.29, 1.82) is 0 Å². The number of para-hydroxylation sites is 2. The standard InChI is InChI=1S/C15H11Cl2N3O/c16-8-5-11-12(6-9(8)17)20-15(19-11)14-7-18-10-3-1-2-4-13(10)21-14/h1-6,14,18H,7H2,(H,19,20). The van der Waals surface area contributed by atoms with E-state index in [1.165, 1.54) is 0 Å². The Morgan fingerprint density at radius 1 is 1.14 bits per heavy atom. The molecule has 0 spiro atoms. The van der Waals surface area contributed by atoms with Crippen molar-refractivity contribution < 1.29 is 4.74 Å². The number of aromatic amines is 1. The predicted octanol–water partition coefficient (Wildman–Crippen LogP) is 4.42. The summed E-state index contributed by atoms with van der Waals surface area (Å²) < 4.78 is 5.99. The van der Waals surface area contributed by atoms with Gasteiger partial charge in [-0.05, 0) is 24.3 Å². The molecule has 0 radical (unpaired) electrons. The van der Waals surface area contributed by atoms with Crippen molar-refractivity contribution in [3.05, 3.63) is 52.3 Å². The van der Waals surface area contributed by atoms with Crippen LogP contribution < -0.4 is 10.1 Å². The van der Waals surface area contributed by atoms with Crippen LogP contribution in [0.5, 0.6) is 5.75 Å². The van der Waals surface area contributed by atoms with Gasteiger partial charge in [-0.15, -0.1) is 0 Å². The maximum Gasteiger partial charge on any atom is 0.173 e. The fourth-order valence-electron chi connectivity index (χ4n) is 2.44. The molecule has 0 bridgehead atoms. The van der Waals surface area contributed by atoms with Crippen LogP contribution in [0, 0.1) is 0 Å². The SMILES string of the molecule is Clc1cc2nc(C3CNc4ccccc4O3)[nH]c2cc1Cl. The quantitative estimate of drug-likeness (QED) is 0.698. The van der Waals surface area contributed by atoms with E-state index in [4.69, 9.17) is 27.9 Å². The Kier molecular flexibility index (Phi) is 2.94. The molecular weight excluding hydrogens is 309 g/mol. The maximum absolute atomic E-state index is 6.03. The first-order chi connectivity index (χ1) is 10.2. The number of fused-ring (bicyclic) bond motifs is 2. The molecule has 4 nitrogen and oxygen atoms in total. The first-order valence-corrected chi connectivity index (χ1v) is 7.30. The number of benzene rings is 2. The summed E-state index contributed by atoms with van der Waals surface area (Å²) in [4.78, 5) is 7.79. The van der Waals surface area contributed by atoms with E-state index in [0.717, 1.165) is 28.3 Å². The number of hydrogen-bond acceptors (Lipinski definition) is 3. The topological polar surface area (TPSA) is 49.9 Å². The molecule has 1 aromatic heterocycles. The van der Waals surface area contributed by atoms with Gasteiger partial charge in [-0.3, -0.25) is 0 Å². The summed E-state index contributed by atoms with van der Waals surface area (Å²) in [6.45, 7) is 0.651. The Balaban J connectivity index is 1.71. The Bertz CT molecular complexity index is 792. The molecule has 1 unspecified atom stereocenters. The highest BCUT2D eigenvalue weighted by atomic mass is 35.5. The van der Waals surface area contributed by atoms with Gasteiger partial charge < -0.3 is 15.0 Å². The summed E-state index contributed by atoms with van der Waals surface area (Å²) in [5, 5.41) is 4.34. The van der Waals surface area contributed by atoms with E-state index in [9.17, 15) is 0 Å². The van der Waals surface area contributed by atoms with Gasteiger partial charge in [-0.1, -0.05) is 35.3 Å². The molecule has 2 heterocycles. The molecule has 2 N–H and O–H groups in total. The minimum absolute atomic E-state index is 0.176. The van der Waals surface area contributed by atoms with E-state index < -0.39 is 0 Å². The molecular formula is C15H11Cl2N3O. The number of hydrogen-bond donors (Lipinski definition) is 2. The van der Waals surface area contributed by atoms with Gasteiger partial charge in [0.2, 0.25) is 0 Å². The van der Waals surface area contributed by atoms with Crippen LogP contribution in [-0.2, 0) is 0 Å². The van der Waals surface area contributed by atoms with Crippen LogP contribution in [0.25, 0.3) is 11.0 Å². The lowest BCUT2D eigenvalue weighted by molar-refractivity contribution is 0.202. The molecule has 1 aliphatic rings. The van der Waals surface area contributed by atoms with Crippen LogP contribution >= 0.6 is 23.2 Å². The van der Waals surface area contributed by atoms with Crippen LogP contribution in [0.15, 0.2) is 36.4 Å². The van der Waals surface area contributed by atoms with Crippen LogP contribution in [0.1, 0.15) is 11.9 Å². The van der Waals surface area contributed by atoms with Gasteiger partial charge in [0, 0.05) is 0 Å². The number of H-pyrrole nitrogens is 1. The molecule has 1 atom stereocenters. The number of anilines is 1. The molecule has 106 valence electrons. The number of aromatic nitrogens is 2. The smallest absolute Gasteiger partial charge is 0.173 e. The van der Waals surface area contributed by atoms with E-state index in [1.807, 2.05) is 24.3 Å². The average molecular weight is 320 g/mol. The summed E-state index contributed by atoms with van der Waals surface area (Å²) in [7, 11) is 0. The first kappa shape index (κ1) is 12.8. The molecule has 4 rings (SSSR count). The van der Waals surface area contributed by atoms with Gasteiger partial charge in [0.1, 0.15) is 11.6 Å². The highest BCUT2D eigenvalue weighted by Gasteiger charge is 2.23. The van der Waals surface area contributed by atoms with Crippen LogP contribution in [0.4, 0.5) is 5.69 Å². The molecule has 6 heteroatoms. The lowest BCUT2D eigenvalue weighted by atomic mass is 10.2. The van der Waals surface area contributed by atoms with Gasteiger partial charge in [0.25, 0.3) is 0 Å². The molecule has 0 aliphatic carbocycles. The zero-order valence-corrected chi connectivity index (χ0v) is 12.4. The summed E-state index contributed by atoms with van der Waals surface area (Å²) in [5.41, 5.74) is 2.62. The third-order valence-electron chi connectivity index (χ3n) is 3.48. The molecule has 0 saturated carbocycles. The molecule has 0 fully saturated rings. The van der Waals surface area contributed by atoms with Gasteiger partial charge in [0.15, 0.2) is 6.10 Å². The van der Waals surface area contributed by atoms with Crippen LogP contribution in [0.2, 0.25) is 10.0 Å². The van der Waals surface area contributed by atoms with E-state index in [-0.39, 0.29) is 6.10 Å². The second-order valence-electron chi connectivity index (χ2n) is 4.89. The Morgan fingerprint density at radius 2 is 1.95 bits per heavy atom. The number of rotatable bonds is 1. The number of nitrogens with zero attached hydrogens (tertiary/aromatic N) is 1. The van der Waals surface area contributed by atoms with Crippen LogP contribution in [-0.4, -0.2) is 16.5 Å². The molecule has 2 aromatic carbocycles. The van der Waals surface area contributed by atoms with Crippen molar-refractivity contribution in [2.24, 2.45) is 0 Å². The van der Waals surface area contributed by atoms with Crippen LogP contribution in [0.3, 0.4) is 0 Å². The molecule has 3 aromatic rings. The zero-order chi connectivity index (χ0) is 14.4. The Labute approximate surface area is 131 Å². The van der Waals surface area contributed by atoms with Crippen molar-refractivity contribution in [3.63, 3.8) is 0 Å². The van der Waals surface area contributed by atoms with E-state index in [0.29, 0.717) is 16.6 Å². The van der Waals surface area contributed by atoms with Crippen molar-refractivity contribution in [2.75, 3.05) is 11.9 Å². The highest BCUT2D eigenvalue weighted by molar-refractivity contribution is 6.42. The molecule has 0 saturated heterocycles. The highest BCUT2D eigenvalue weighted by Crippen LogP contribution is 2.34. The normalized spacial score (nSPS) is 17.1. The summed E-state index contributed by atoms with van der Waals surface area (Å²) in [6, 6.07) is 11.4. The van der Waals surface area contributed by atoms with Gasteiger partial charge in [-0.2, -0.15) is 0 Å². The van der Waals surface area contributed by atoms with Crippen molar-refractivity contribution in [2.45, 2.75) is 6.10 Å². The number of imidazole rings is 1. The molecule has 21 heavy (non-hydrogen) atoms. The fourth-order valence-corrected chi connectivity index (χ4v) is 2.76. The van der Waals surface area contributed by atoms with E-state index in [2.05, 4.69) is 15.3 Å². The maximum atomic E-state index is 6.03. The van der Waals surface area contributed by atoms with Gasteiger partial charge in [0.05, 0.1) is 33.3 Å². The third kappa shape index (κ3) is 2.20. The van der Waals surface area contributed by atoms with Gasteiger partial charge in [-0.25, -0.2) is 4.98 Å². The Morgan fingerprint density at radius 3 is 2.86 bits per heavy atom. The van der Waals surface area contributed by atoms with Crippen molar-refractivity contribution in [1.82, 2.24) is 9.97 Å². The van der Waals surface area contributed by atoms with E-state index in [1.54, 1.807) is 12.1 Å². The monoisotopic (exact) mass is 319 g/mol. The first-order valence-electron chi connectivity index (χ1n) is 6.55. The average Bonchev–Trinajstić information content (AvgIpc) is 2.90.